The lowest BCUT2D eigenvalue weighted by Crippen LogP contribution is -2.11. The fourth-order valence-corrected chi connectivity index (χ4v) is 3.42. The zero-order valence-corrected chi connectivity index (χ0v) is 12.4. The molecule has 0 N–H and O–H groups in total. The molecule has 13 heavy (non-hydrogen) atoms. The van der Waals surface area contributed by atoms with E-state index in [2.05, 4.69) is 58.7 Å². The van der Waals surface area contributed by atoms with Crippen molar-refractivity contribution in [2.75, 3.05) is 0 Å². The molecule has 1 unspecified atom stereocenters. The molecule has 1 aromatic heterocycles. The number of rotatable bonds is 1. The van der Waals surface area contributed by atoms with Gasteiger partial charge in [-0.1, -0.05) is 20.8 Å². The number of halogens is 3. The number of thiophene rings is 1. The van der Waals surface area contributed by atoms with Crippen LogP contribution >= 0.6 is 54.8 Å². The number of alkyl halides is 1. The van der Waals surface area contributed by atoms with Gasteiger partial charge in [-0.3, -0.25) is 0 Å². The van der Waals surface area contributed by atoms with E-state index < -0.39 is 0 Å². The second-order valence-electron chi connectivity index (χ2n) is 4.00. The molecule has 0 aliphatic carbocycles. The van der Waals surface area contributed by atoms with E-state index >= 15 is 0 Å². The molecule has 1 heterocycles. The molecule has 0 fully saturated rings. The first-order valence-corrected chi connectivity index (χ1v) is 6.75. The SMILES string of the molecule is CC(C)(C)C(Cl)c1cc(Br)c(Br)s1. The van der Waals surface area contributed by atoms with Gasteiger partial charge in [-0.15, -0.1) is 22.9 Å². The molecule has 0 aliphatic rings. The predicted molar refractivity (Wildman–Crippen MR) is 67.8 cm³/mol. The van der Waals surface area contributed by atoms with Gasteiger partial charge < -0.3 is 0 Å². The Bertz CT molecular complexity index is 282. The average Bonchev–Trinajstić information content (AvgIpc) is 2.29. The summed E-state index contributed by atoms with van der Waals surface area (Å²) < 4.78 is 2.19. The fourth-order valence-electron chi connectivity index (χ4n) is 0.915. The first-order valence-electron chi connectivity index (χ1n) is 3.91. The van der Waals surface area contributed by atoms with Gasteiger partial charge in [-0.05, 0) is 43.3 Å². The Morgan fingerprint density at radius 3 is 2.23 bits per heavy atom. The first kappa shape index (κ1) is 12.0. The molecule has 1 rings (SSSR count). The lowest BCUT2D eigenvalue weighted by Gasteiger charge is -2.23. The summed E-state index contributed by atoms with van der Waals surface area (Å²) in [7, 11) is 0. The van der Waals surface area contributed by atoms with Gasteiger partial charge in [-0.2, -0.15) is 0 Å². The molecule has 0 aromatic carbocycles. The molecule has 0 radical (unpaired) electrons. The molecule has 74 valence electrons. The van der Waals surface area contributed by atoms with E-state index in [1.807, 2.05) is 0 Å². The molecule has 0 amide bonds. The quantitative estimate of drug-likeness (QED) is 0.581. The van der Waals surface area contributed by atoms with E-state index in [0.29, 0.717) is 0 Å². The van der Waals surface area contributed by atoms with Crippen LogP contribution in [0.25, 0.3) is 0 Å². The summed E-state index contributed by atoms with van der Waals surface area (Å²) in [6.45, 7) is 6.44. The Kier molecular flexibility index (Phi) is 3.90. The van der Waals surface area contributed by atoms with Crippen LogP contribution in [0, 0.1) is 5.41 Å². The number of hydrogen-bond donors (Lipinski definition) is 0. The molecule has 0 aliphatic heterocycles. The second kappa shape index (κ2) is 4.21. The van der Waals surface area contributed by atoms with Gasteiger partial charge in [0.25, 0.3) is 0 Å². The van der Waals surface area contributed by atoms with Crippen LogP contribution in [0.2, 0.25) is 0 Å². The Morgan fingerprint density at radius 2 is 1.92 bits per heavy atom. The third-order valence-corrected chi connectivity index (χ3v) is 6.01. The van der Waals surface area contributed by atoms with Crippen molar-refractivity contribution in [2.45, 2.75) is 26.1 Å². The van der Waals surface area contributed by atoms with E-state index in [4.69, 9.17) is 11.6 Å². The Morgan fingerprint density at radius 1 is 1.38 bits per heavy atom. The van der Waals surface area contributed by atoms with Crippen molar-refractivity contribution in [2.24, 2.45) is 5.41 Å². The van der Waals surface area contributed by atoms with Gasteiger partial charge in [-0.25, -0.2) is 0 Å². The lowest BCUT2D eigenvalue weighted by molar-refractivity contribution is 0.399. The summed E-state index contributed by atoms with van der Waals surface area (Å²) in [4.78, 5) is 1.20. The third kappa shape index (κ3) is 2.95. The van der Waals surface area contributed by atoms with Gasteiger partial charge in [0, 0.05) is 9.35 Å². The molecule has 0 bridgehead atoms. The topological polar surface area (TPSA) is 0 Å². The molecular formula is C9H11Br2ClS. The maximum Gasteiger partial charge on any atom is 0.0843 e. The van der Waals surface area contributed by atoms with E-state index in [9.17, 15) is 0 Å². The Hall–Kier alpha value is 0.950. The minimum Gasteiger partial charge on any atom is -0.130 e. The Balaban J connectivity index is 2.96. The third-order valence-electron chi connectivity index (χ3n) is 1.67. The van der Waals surface area contributed by atoms with Crippen LogP contribution in [0.3, 0.4) is 0 Å². The fraction of sp³-hybridized carbons (Fsp3) is 0.556. The summed E-state index contributed by atoms with van der Waals surface area (Å²) in [6, 6.07) is 2.08. The van der Waals surface area contributed by atoms with E-state index in [0.717, 1.165) is 8.26 Å². The van der Waals surface area contributed by atoms with Gasteiger partial charge in [0.05, 0.1) is 9.16 Å². The zero-order chi connectivity index (χ0) is 10.2. The van der Waals surface area contributed by atoms with Gasteiger partial charge in [0.1, 0.15) is 0 Å². The van der Waals surface area contributed by atoms with Crippen LogP contribution in [0.15, 0.2) is 14.3 Å². The largest absolute Gasteiger partial charge is 0.130 e. The molecule has 0 nitrogen and oxygen atoms in total. The molecule has 1 atom stereocenters. The van der Waals surface area contributed by atoms with E-state index in [1.165, 1.54) is 4.88 Å². The highest BCUT2D eigenvalue weighted by atomic mass is 79.9. The van der Waals surface area contributed by atoms with Crippen LogP contribution in [0.1, 0.15) is 31.0 Å². The summed E-state index contributed by atoms with van der Waals surface area (Å²) in [6.07, 6.45) is 0. The second-order valence-corrected chi connectivity index (χ2v) is 7.69. The molecule has 0 saturated heterocycles. The molecule has 0 saturated carbocycles. The van der Waals surface area contributed by atoms with Gasteiger partial charge in [0.2, 0.25) is 0 Å². The number of hydrogen-bond acceptors (Lipinski definition) is 1. The normalized spacial score (nSPS) is 14.6. The van der Waals surface area contributed by atoms with Crippen LogP contribution in [-0.4, -0.2) is 0 Å². The van der Waals surface area contributed by atoms with Crippen molar-refractivity contribution in [3.05, 3.63) is 19.2 Å². The van der Waals surface area contributed by atoms with Crippen molar-refractivity contribution >= 4 is 54.8 Å². The van der Waals surface area contributed by atoms with Gasteiger partial charge >= 0.3 is 0 Å². The molecule has 1 aromatic rings. The summed E-state index contributed by atoms with van der Waals surface area (Å²) in [5.74, 6) is 0. The highest BCUT2D eigenvalue weighted by Gasteiger charge is 2.25. The van der Waals surface area contributed by atoms with Gasteiger partial charge in [0.15, 0.2) is 0 Å². The first-order chi connectivity index (χ1) is 5.82. The van der Waals surface area contributed by atoms with E-state index in [-0.39, 0.29) is 10.8 Å². The smallest absolute Gasteiger partial charge is 0.0843 e. The van der Waals surface area contributed by atoms with Crippen molar-refractivity contribution in [1.29, 1.82) is 0 Å². The van der Waals surface area contributed by atoms with Crippen molar-refractivity contribution in [3.8, 4) is 0 Å². The lowest BCUT2D eigenvalue weighted by atomic mass is 9.91. The van der Waals surface area contributed by atoms with Crippen molar-refractivity contribution in [1.82, 2.24) is 0 Å². The van der Waals surface area contributed by atoms with Crippen molar-refractivity contribution < 1.29 is 0 Å². The molecular weight excluding hydrogens is 335 g/mol. The predicted octanol–water partition coefficient (Wildman–Crippen LogP) is 5.60. The van der Waals surface area contributed by atoms with Crippen LogP contribution in [0.5, 0.6) is 0 Å². The summed E-state index contributed by atoms with van der Waals surface area (Å²) in [5, 5.41) is 0.0695. The molecule has 0 spiro atoms. The maximum absolute atomic E-state index is 6.34. The maximum atomic E-state index is 6.34. The minimum atomic E-state index is 0.0695. The van der Waals surface area contributed by atoms with Crippen molar-refractivity contribution in [3.63, 3.8) is 0 Å². The summed E-state index contributed by atoms with van der Waals surface area (Å²) >= 11 is 14.9. The average molecular weight is 347 g/mol. The van der Waals surface area contributed by atoms with Crippen LogP contribution < -0.4 is 0 Å². The monoisotopic (exact) mass is 344 g/mol. The minimum absolute atomic E-state index is 0.0695. The Labute approximate surface area is 105 Å². The van der Waals surface area contributed by atoms with Crippen LogP contribution in [0.4, 0.5) is 0 Å². The van der Waals surface area contributed by atoms with Crippen LogP contribution in [-0.2, 0) is 0 Å². The highest BCUT2D eigenvalue weighted by molar-refractivity contribution is 9.13. The summed E-state index contributed by atoms with van der Waals surface area (Å²) in [5.41, 5.74) is 0.102. The highest BCUT2D eigenvalue weighted by Crippen LogP contribution is 2.44. The molecule has 4 heteroatoms. The zero-order valence-electron chi connectivity index (χ0n) is 7.70. The standard InChI is InChI=1S/C9H11Br2ClS/c1-9(2,3)7(12)6-4-5(10)8(11)13-6/h4,7H,1-3H3. The van der Waals surface area contributed by atoms with E-state index in [1.54, 1.807) is 11.3 Å².